The van der Waals surface area contributed by atoms with Gasteiger partial charge < -0.3 is 4.40 Å². The van der Waals surface area contributed by atoms with Gasteiger partial charge in [-0.25, -0.2) is 18.1 Å². The minimum Gasteiger partial charge on any atom is -0.302 e. The van der Waals surface area contributed by atoms with Crippen molar-refractivity contribution in [3.63, 3.8) is 0 Å². The van der Waals surface area contributed by atoms with Gasteiger partial charge in [0.1, 0.15) is 10.7 Å². The normalized spacial score (nSPS) is 13.4. The first-order valence-electron chi connectivity index (χ1n) is 10.0. The van der Waals surface area contributed by atoms with Gasteiger partial charge in [-0.2, -0.15) is 5.10 Å². The summed E-state index contributed by atoms with van der Waals surface area (Å²) >= 11 is 0. The molecule has 0 N–H and O–H groups in total. The van der Waals surface area contributed by atoms with Crippen molar-refractivity contribution in [2.24, 2.45) is 0 Å². The summed E-state index contributed by atoms with van der Waals surface area (Å²) in [6.45, 7) is 12.0. The number of hydrogen-bond donors (Lipinski definition) is 0. The number of sulfone groups is 1. The molecular weight excluding hydrogens is 432 g/mol. The van der Waals surface area contributed by atoms with Gasteiger partial charge in [-0.05, 0) is 62.9 Å². The number of nitrogens with zero attached hydrogens (tertiary/aromatic N) is 4. The molecule has 0 saturated carbocycles. The number of fused-ring (bicyclic) bond motifs is 2. The summed E-state index contributed by atoms with van der Waals surface area (Å²) in [5, 5.41) is 6.42. The Bertz CT molecular complexity index is 1510. The molecule has 4 rings (SSSR count). The molecule has 9 heteroatoms. The highest BCUT2D eigenvalue weighted by Crippen LogP contribution is 2.34. The summed E-state index contributed by atoms with van der Waals surface area (Å²) in [6, 6.07) is 3.11. The second kappa shape index (κ2) is 7.27. The maximum Gasteiger partial charge on any atom is 0.176 e. The number of rotatable bonds is 4. The first-order chi connectivity index (χ1) is 14.5. The number of aryl methyl sites for hydroxylation is 3. The lowest BCUT2D eigenvalue weighted by Gasteiger charge is -2.11. The van der Waals surface area contributed by atoms with Crippen molar-refractivity contribution in [3.8, 4) is 5.82 Å². The average Bonchev–Trinajstić information content (AvgIpc) is 3.27. The van der Waals surface area contributed by atoms with Gasteiger partial charge in [-0.1, -0.05) is 6.92 Å². The number of aromatic nitrogens is 4. The van der Waals surface area contributed by atoms with E-state index in [0.717, 1.165) is 27.7 Å². The minimum atomic E-state index is -3.35. The Morgan fingerprint density at radius 1 is 1.03 bits per heavy atom. The predicted octanol–water partition coefficient (Wildman–Crippen LogP) is 3.75. The molecule has 0 aliphatic carbocycles. The molecule has 164 valence electrons. The van der Waals surface area contributed by atoms with Crippen LogP contribution in [0.25, 0.3) is 22.4 Å². The fourth-order valence-corrected chi connectivity index (χ4v) is 5.69. The van der Waals surface area contributed by atoms with Crippen molar-refractivity contribution in [1.29, 1.82) is 0 Å². The van der Waals surface area contributed by atoms with Gasteiger partial charge >= 0.3 is 0 Å². The first kappa shape index (κ1) is 21.7. The van der Waals surface area contributed by atoms with Crippen LogP contribution < -0.4 is 0 Å². The van der Waals surface area contributed by atoms with Crippen LogP contribution in [-0.2, 0) is 20.6 Å². The van der Waals surface area contributed by atoms with Gasteiger partial charge in [-0.3, -0.25) is 4.21 Å². The van der Waals surface area contributed by atoms with Crippen LogP contribution in [0.15, 0.2) is 28.3 Å². The molecule has 0 fully saturated rings. The molecule has 3 aromatic heterocycles. The molecule has 1 atom stereocenters. The second-order valence-corrected chi connectivity index (χ2v) is 11.6. The Balaban J connectivity index is 2.12. The van der Waals surface area contributed by atoms with Crippen LogP contribution in [0.4, 0.5) is 0 Å². The van der Waals surface area contributed by atoms with Crippen molar-refractivity contribution in [2.45, 2.75) is 51.5 Å². The molecule has 0 amide bonds. The molecular formula is C22H26N4O3S2. The summed E-state index contributed by atoms with van der Waals surface area (Å²) in [7, 11) is -4.63. The van der Waals surface area contributed by atoms with Gasteiger partial charge in [0.25, 0.3) is 0 Å². The van der Waals surface area contributed by atoms with E-state index >= 15 is 0 Å². The van der Waals surface area contributed by atoms with Crippen molar-refractivity contribution < 1.29 is 12.6 Å². The SMILES string of the molecule is CCS(=O)c1c2c(C)c(C)c(C)c(C)c2nn1-c1nc2cc(S(C)(=O)=O)ccn2c1C. The molecule has 0 saturated heterocycles. The van der Waals surface area contributed by atoms with E-state index in [9.17, 15) is 12.6 Å². The van der Waals surface area contributed by atoms with Crippen molar-refractivity contribution in [1.82, 2.24) is 19.2 Å². The van der Waals surface area contributed by atoms with Gasteiger partial charge in [0, 0.05) is 29.7 Å². The van der Waals surface area contributed by atoms with Crippen LogP contribution in [0.3, 0.4) is 0 Å². The molecule has 7 nitrogen and oxygen atoms in total. The monoisotopic (exact) mass is 458 g/mol. The van der Waals surface area contributed by atoms with E-state index in [-0.39, 0.29) is 4.90 Å². The van der Waals surface area contributed by atoms with Crippen molar-refractivity contribution >= 4 is 37.2 Å². The maximum atomic E-state index is 13.2. The van der Waals surface area contributed by atoms with Crippen LogP contribution in [0, 0.1) is 34.6 Å². The summed E-state index contributed by atoms with van der Waals surface area (Å²) in [5.74, 6) is 1.00. The predicted molar refractivity (Wildman–Crippen MR) is 124 cm³/mol. The molecule has 0 spiro atoms. The largest absolute Gasteiger partial charge is 0.302 e. The third kappa shape index (κ3) is 3.22. The highest BCUT2D eigenvalue weighted by Gasteiger charge is 2.25. The van der Waals surface area contributed by atoms with E-state index in [0.29, 0.717) is 22.2 Å². The average molecular weight is 459 g/mol. The summed E-state index contributed by atoms with van der Waals surface area (Å²) < 4.78 is 40.7. The Morgan fingerprint density at radius 2 is 1.68 bits per heavy atom. The molecule has 0 bridgehead atoms. The molecule has 4 aromatic rings. The molecule has 31 heavy (non-hydrogen) atoms. The first-order valence-corrected chi connectivity index (χ1v) is 13.2. The Hall–Kier alpha value is -2.52. The number of hydrogen-bond acceptors (Lipinski definition) is 5. The van der Waals surface area contributed by atoms with Gasteiger partial charge in [0.2, 0.25) is 0 Å². The van der Waals surface area contributed by atoms with Crippen molar-refractivity contribution in [3.05, 3.63) is 46.3 Å². The van der Waals surface area contributed by atoms with Gasteiger partial charge in [-0.15, -0.1) is 0 Å². The summed E-state index contributed by atoms with van der Waals surface area (Å²) in [4.78, 5) is 4.90. The minimum absolute atomic E-state index is 0.206. The standard InChI is InChI=1S/C22H26N4O3S2/c1-8-30(27)22-19-14(4)12(2)13(3)15(5)20(19)24-26(22)21-16(6)25-10-9-17(31(7,28)29)11-18(25)23-21/h9-11H,8H2,1-7H3. The van der Waals surface area contributed by atoms with Crippen LogP contribution in [0.5, 0.6) is 0 Å². The lowest BCUT2D eigenvalue weighted by atomic mass is 9.96. The molecule has 3 heterocycles. The zero-order valence-corrected chi connectivity index (χ0v) is 20.4. The highest BCUT2D eigenvalue weighted by atomic mass is 32.2. The smallest absolute Gasteiger partial charge is 0.176 e. The maximum absolute atomic E-state index is 13.2. The second-order valence-electron chi connectivity index (χ2n) is 7.96. The van der Waals surface area contributed by atoms with Gasteiger partial charge in [0.15, 0.2) is 15.7 Å². The van der Waals surface area contributed by atoms with Crippen molar-refractivity contribution in [2.75, 3.05) is 12.0 Å². The van der Waals surface area contributed by atoms with Crippen LogP contribution >= 0.6 is 0 Å². The summed E-state index contributed by atoms with van der Waals surface area (Å²) in [6.07, 6.45) is 2.87. The van der Waals surface area contributed by atoms with Crippen LogP contribution in [-0.4, -0.2) is 43.8 Å². The van der Waals surface area contributed by atoms with E-state index in [1.807, 2.05) is 32.1 Å². The topological polar surface area (TPSA) is 86.3 Å². The van der Waals surface area contributed by atoms with E-state index < -0.39 is 20.6 Å². The lowest BCUT2D eigenvalue weighted by molar-refractivity contribution is 0.601. The zero-order chi connectivity index (χ0) is 22.8. The van der Waals surface area contributed by atoms with E-state index in [1.165, 1.54) is 17.4 Å². The van der Waals surface area contributed by atoms with E-state index in [2.05, 4.69) is 13.8 Å². The van der Waals surface area contributed by atoms with Crippen LogP contribution in [0.1, 0.15) is 34.9 Å². The third-order valence-corrected chi connectivity index (χ3v) is 8.62. The highest BCUT2D eigenvalue weighted by molar-refractivity contribution is 7.90. The van der Waals surface area contributed by atoms with E-state index in [1.54, 1.807) is 23.0 Å². The quantitative estimate of drug-likeness (QED) is 0.465. The zero-order valence-electron chi connectivity index (χ0n) is 18.8. The Morgan fingerprint density at radius 3 is 2.29 bits per heavy atom. The molecule has 1 unspecified atom stereocenters. The fraction of sp³-hybridized carbons (Fsp3) is 0.364. The molecule has 0 aliphatic heterocycles. The van der Waals surface area contributed by atoms with Gasteiger partial charge in [0.05, 0.1) is 26.9 Å². The van der Waals surface area contributed by atoms with Crippen LogP contribution in [0.2, 0.25) is 0 Å². The summed E-state index contributed by atoms with van der Waals surface area (Å²) in [5.41, 5.74) is 6.60. The number of benzene rings is 1. The number of pyridine rings is 1. The number of imidazole rings is 1. The molecule has 0 aliphatic rings. The Labute approximate surface area is 184 Å². The fourth-order valence-electron chi connectivity index (χ4n) is 3.99. The third-order valence-electron chi connectivity index (χ3n) is 6.18. The van der Waals surface area contributed by atoms with E-state index in [4.69, 9.17) is 10.1 Å². The molecule has 0 radical (unpaired) electrons. The Kier molecular flexibility index (Phi) is 5.09. The molecule has 1 aromatic carbocycles. The lowest BCUT2D eigenvalue weighted by Crippen LogP contribution is -2.08.